The summed E-state index contributed by atoms with van der Waals surface area (Å²) in [7, 11) is 0. The predicted octanol–water partition coefficient (Wildman–Crippen LogP) is -0.641. The van der Waals surface area contributed by atoms with Crippen LogP contribution in [0.2, 0.25) is 0 Å². The predicted molar refractivity (Wildman–Crippen MR) is 35.9 cm³/mol. The molecule has 1 atom stereocenters. The van der Waals surface area contributed by atoms with Crippen molar-refractivity contribution in [2.24, 2.45) is 5.73 Å². The molecule has 0 aromatic carbocycles. The van der Waals surface area contributed by atoms with E-state index in [0.29, 0.717) is 0 Å². The number of hydrogen-bond acceptors (Lipinski definition) is 3. The quantitative estimate of drug-likeness (QED) is 0.522. The minimum Gasteiger partial charge on any atom is -0.393 e. The Bertz CT molecular complexity index is 81.1. The maximum Gasteiger partial charge on any atom is 0.0810 e. The van der Waals surface area contributed by atoms with Crippen LogP contribution >= 0.6 is 0 Å². The van der Waals surface area contributed by atoms with Gasteiger partial charge in [-0.1, -0.05) is 0 Å². The Morgan fingerprint density at radius 2 is 2.00 bits per heavy atom. The second kappa shape index (κ2) is 3.15. The van der Waals surface area contributed by atoms with E-state index in [4.69, 9.17) is 10.8 Å². The molecule has 0 aliphatic carbocycles. The fourth-order valence-corrected chi connectivity index (χ4v) is 1.19. The third kappa shape index (κ3) is 1.64. The molecule has 1 saturated heterocycles. The van der Waals surface area contributed by atoms with Crippen LogP contribution in [0.15, 0.2) is 0 Å². The van der Waals surface area contributed by atoms with E-state index in [0.717, 1.165) is 13.1 Å². The van der Waals surface area contributed by atoms with E-state index in [9.17, 15) is 0 Å². The van der Waals surface area contributed by atoms with Crippen molar-refractivity contribution >= 4 is 0 Å². The average Bonchev–Trinajstić information content (AvgIpc) is 2.37. The molecule has 0 bridgehead atoms. The van der Waals surface area contributed by atoms with Gasteiger partial charge in [0.05, 0.1) is 12.8 Å². The molecule has 54 valence electrons. The van der Waals surface area contributed by atoms with Crippen LogP contribution in [0.5, 0.6) is 0 Å². The molecular weight excluding hydrogens is 116 g/mol. The molecular formula is C6H14N2O. The standard InChI is InChI=1S/C6H14N2O/c7-6(5-9)8-3-1-2-4-8/h6,9H,1-5,7H2. The van der Waals surface area contributed by atoms with Crippen molar-refractivity contribution in [3.05, 3.63) is 0 Å². The highest BCUT2D eigenvalue weighted by Crippen LogP contribution is 2.07. The van der Waals surface area contributed by atoms with Crippen molar-refractivity contribution in [2.75, 3.05) is 19.7 Å². The van der Waals surface area contributed by atoms with E-state index in [1.54, 1.807) is 0 Å². The number of rotatable bonds is 2. The lowest BCUT2D eigenvalue weighted by Crippen LogP contribution is -2.42. The van der Waals surface area contributed by atoms with Crippen LogP contribution in [-0.2, 0) is 0 Å². The first-order chi connectivity index (χ1) is 4.34. The summed E-state index contributed by atoms with van der Waals surface area (Å²) < 4.78 is 0. The number of nitrogens with zero attached hydrogens (tertiary/aromatic N) is 1. The van der Waals surface area contributed by atoms with Crippen LogP contribution in [-0.4, -0.2) is 35.9 Å². The molecule has 0 aromatic rings. The molecule has 0 saturated carbocycles. The van der Waals surface area contributed by atoms with Gasteiger partial charge in [-0.2, -0.15) is 0 Å². The minimum absolute atomic E-state index is 0.0833. The van der Waals surface area contributed by atoms with Gasteiger partial charge in [0.15, 0.2) is 0 Å². The number of hydrogen-bond donors (Lipinski definition) is 2. The summed E-state index contributed by atoms with van der Waals surface area (Å²) in [6.45, 7) is 2.20. The first kappa shape index (κ1) is 6.99. The van der Waals surface area contributed by atoms with Crippen molar-refractivity contribution in [1.29, 1.82) is 0 Å². The van der Waals surface area contributed by atoms with Gasteiger partial charge in [0, 0.05) is 0 Å². The van der Waals surface area contributed by atoms with Gasteiger partial charge in [0.2, 0.25) is 0 Å². The highest BCUT2D eigenvalue weighted by Gasteiger charge is 2.16. The number of aliphatic hydroxyl groups is 1. The van der Waals surface area contributed by atoms with E-state index < -0.39 is 0 Å². The number of likely N-dealkylation sites (tertiary alicyclic amines) is 1. The van der Waals surface area contributed by atoms with E-state index in [1.165, 1.54) is 12.8 Å². The SMILES string of the molecule is NC(CO)N1CCCC1. The Labute approximate surface area is 55.5 Å². The number of nitrogens with two attached hydrogens (primary N) is 1. The maximum atomic E-state index is 8.63. The third-order valence-corrected chi connectivity index (χ3v) is 1.80. The average molecular weight is 130 g/mol. The topological polar surface area (TPSA) is 49.5 Å². The molecule has 0 spiro atoms. The summed E-state index contributed by atoms with van der Waals surface area (Å²) in [5, 5.41) is 8.63. The smallest absolute Gasteiger partial charge is 0.0810 e. The summed E-state index contributed by atoms with van der Waals surface area (Å²) in [4.78, 5) is 2.11. The summed E-state index contributed by atoms with van der Waals surface area (Å²) in [6.07, 6.45) is 2.34. The summed E-state index contributed by atoms with van der Waals surface area (Å²) in [6, 6.07) is 0. The van der Waals surface area contributed by atoms with Gasteiger partial charge in [-0.05, 0) is 25.9 Å². The first-order valence-corrected chi connectivity index (χ1v) is 3.45. The van der Waals surface area contributed by atoms with Crippen LogP contribution in [0.3, 0.4) is 0 Å². The first-order valence-electron chi connectivity index (χ1n) is 3.45. The molecule has 9 heavy (non-hydrogen) atoms. The molecule has 0 radical (unpaired) electrons. The second-order valence-corrected chi connectivity index (χ2v) is 2.49. The van der Waals surface area contributed by atoms with Crippen LogP contribution in [0, 0.1) is 0 Å². The third-order valence-electron chi connectivity index (χ3n) is 1.80. The fraction of sp³-hybridized carbons (Fsp3) is 1.00. The Morgan fingerprint density at radius 3 is 2.44 bits per heavy atom. The monoisotopic (exact) mass is 130 g/mol. The van der Waals surface area contributed by atoms with Gasteiger partial charge in [0.25, 0.3) is 0 Å². The van der Waals surface area contributed by atoms with Crippen molar-refractivity contribution in [1.82, 2.24) is 4.90 Å². The fourth-order valence-electron chi connectivity index (χ4n) is 1.19. The maximum absolute atomic E-state index is 8.63. The van der Waals surface area contributed by atoms with Gasteiger partial charge in [0.1, 0.15) is 0 Å². The van der Waals surface area contributed by atoms with Crippen molar-refractivity contribution in [3.8, 4) is 0 Å². The molecule has 1 unspecified atom stereocenters. The zero-order chi connectivity index (χ0) is 6.69. The molecule has 1 fully saturated rings. The molecule has 3 nitrogen and oxygen atoms in total. The van der Waals surface area contributed by atoms with E-state index in [-0.39, 0.29) is 12.8 Å². The molecule has 1 aliphatic heterocycles. The van der Waals surface area contributed by atoms with Crippen LogP contribution in [0.4, 0.5) is 0 Å². The lowest BCUT2D eigenvalue weighted by molar-refractivity contribution is 0.150. The minimum atomic E-state index is -0.118. The lowest BCUT2D eigenvalue weighted by atomic mass is 10.4. The van der Waals surface area contributed by atoms with Gasteiger partial charge in [-0.3, -0.25) is 4.90 Å². The van der Waals surface area contributed by atoms with Crippen LogP contribution < -0.4 is 5.73 Å². The van der Waals surface area contributed by atoms with E-state index in [2.05, 4.69) is 4.90 Å². The number of aliphatic hydroxyl groups excluding tert-OH is 1. The van der Waals surface area contributed by atoms with Gasteiger partial charge in [-0.25, -0.2) is 0 Å². The van der Waals surface area contributed by atoms with Gasteiger partial charge >= 0.3 is 0 Å². The second-order valence-electron chi connectivity index (χ2n) is 2.49. The summed E-state index contributed by atoms with van der Waals surface area (Å²) >= 11 is 0. The van der Waals surface area contributed by atoms with Gasteiger partial charge < -0.3 is 10.8 Å². The molecule has 1 heterocycles. The van der Waals surface area contributed by atoms with Crippen LogP contribution in [0.1, 0.15) is 12.8 Å². The Morgan fingerprint density at radius 1 is 1.44 bits per heavy atom. The summed E-state index contributed by atoms with van der Waals surface area (Å²) in [5.74, 6) is 0. The molecule has 3 N–H and O–H groups in total. The van der Waals surface area contributed by atoms with Crippen molar-refractivity contribution in [2.45, 2.75) is 19.0 Å². The Kier molecular flexibility index (Phi) is 2.45. The Hall–Kier alpha value is -0.120. The van der Waals surface area contributed by atoms with Crippen molar-refractivity contribution < 1.29 is 5.11 Å². The summed E-state index contributed by atoms with van der Waals surface area (Å²) in [5.41, 5.74) is 5.55. The van der Waals surface area contributed by atoms with E-state index >= 15 is 0 Å². The highest BCUT2D eigenvalue weighted by atomic mass is 16.3. The molecule has 0 amide bonds. The molecule has 0 aromatic heterocycles. The zero-order valence-electron chi connectivity index (χ0n) is 5.58. The van der Waals surface area contributed by atoms with Crippen LogP contribution in [0.25, 0.3) is 0 Å². The molecule has 1 rings (SSSR count). The highest BCUT2D eigenvalue weighted by molar-refractivity contribution is 4.70. The molecule has 1 aliphatic rings. The van der Waals surface area contributed by atoms with E-state index in [1.807, 2.05) is 0 Å². The Balaban J connectivity index is 2.24. The lowest BCUT2D eigenvalue weighted by Gasteiger charge is -2.20. The molecule has 3 heteroatoms. The van der Waals surface area contributed by atoms with Crippen molar-refractivity contribution in [3.63, 3.8) is 0 Å². The largest absolute Gasteiger partial charge is 0.393 e. The normalized spacial score (nSPS) is 24.7. The van der Waals surface area contributed by atoms with Gasteiger partial charge in [-0.15, -0.1) is 0 Å². The zero-order valence-corrected chi connectivity index (χ0v) is 5.58.